The van der Waals surface area contributed by atoms with Gasteiger partial charge in [0.1, 0.15) is 5.75 Å². The van der Waals surface area contributed by atoms with Crippen LogP contribution in [0.5, 0.6) is 5.75 Å². The number of hydrogen-bond donors (Lipinski definition) is 1. The van der Waals surface area contributed by atoms with Crippen LogP contribution in [-0.4, -0.2) is 35.4 Å². The fourth-order valence-electron chi connectivity index (χ4n) is 3.43. The fourth-order valence-corrected chi connectivity index (χ4v) is 3.43. The summed E-state index contributed by atoms with van der Waals surface area (Å²) in [6.07, 6.45) is 0.861. The third-order valence-electron chi connectivity index (χ3n) is 5.00. The predicted octanol–water partition coefficient (Wildman–Crippen LogP) is 4.25. The Morgan fingerprint density at radius 2 is 1.87 bits per heavy atom. The second-order valence-corrected chi connectivity index (χ2v) is 7.11. The minimum atomic E-state index is -0.408. The van der Waals surface area contributed by atoms with Gasteiger partial charge in [0.2, 0.25) is 5.91 Å². The van der Waals surface area contributed by atoms with Gasteiger partial charge in [-0.2, -0.15) is 5.10 Å². The van der Waals surface area contributed by atoms with Crippen LogP contribution in [0.25, 0.3) is 5.69 Å². The van der Waals surface area contributed by atoms with Crippen LogP contribution in [0.2, 0.25) is 0 Å². The van der Waals surface area contributed by atoms with Crippen LogP contribution in [0.4, 0.5) is 5.69 Å². The highest BCUT2D eigenvalue weighted by Crippen LogP contribution is 2.22. The maximum atomic E-state index is 12.5. The van der Waals surface area contributed by atoms with Crippen LogP contribution >= 0.6 is 0 Å². The van der Waals surface area contributed by atoms with E-state index in [0.29, 0.717) is 30.7 Å². The van der Waals surface area contributed by atoms with E-state index in [1.54, 1.807) is 38.3 Å². The third-order valence-corrected chi connectivity index (χ3v) is 5.00. The Labute approximate surface area is 182 Å². The van der Waals surface area contributed by atoms with Gasteiger partial charge in [-0.3, -0.25) is 4.79 Å². The molecule has 7 nitrogen and oxygen atoms in total. The zero-order valence-corrected chi connectivity index (χ0v) is 18.3. The van der Waals surface area contributed by atoms with Gasteiger partial charge in [-0.05, 0) is 63.1 Å². The van der Waals surface area contributed by atoms with Crippen molar-refractivity contribution in [1.82, 2.24) is 9.78 Å². The minimum absolute atomic E-state index is 0.131. The summed E-state index contributed by atoms with van der Waals surface area (Å²) in [6, 6.07) is 14.4. The van der Waals surface area contributed by atoms with E-state index in [1.807, 2.05) is 42.8 Å². The predicted molar refractivity (Wildman–Crippen MR) is 119 cm³/mol. The molecule has 1 aromatic heterocycles. The lowest BCUT2D eigenvalue weighted by Gasteiger charge is -2.09. The molecule has 0 saturated carbocycles. The van der Waals surface area contributed by atoms with E-state index < -0.39 is 5.97 Å². The molecular formula is C24H27N3O4. The summed E-state index contributed by atoms with van der Waals surface area (Å²) < 4.78 is 12.2. The van der Waals surface area contributed by atoms with E-state index in [4.69, 9.17) is 9.47 Å². The fraction of sp³-hybridized carbons (Fsp3) is 0.292. The maximum Gasteiger partial charge on any atom is 0.338 e. The number of carbonyl (C=O) groups excluding carboxylic acids is 2. The summed E-state index contributed by atoms with van der Waals surface area (Å²) in [4.78, 5) is 24.4. The standard InChI is InChI=1S/C24H27N3O4/c1-5-31-24(29)18-8-6-9-19(14-18)25-23(28)13-12-22-16(2)26-27(17(22)3)20-10-7-11-21(15-20)30-4/h6-11,14-15H,5,12-13H2,1-4H3,(H,25,28). The van der Waals surface area contributed by atoms with E-state index in [1.165, 1.54) is 0 Å². The molecule has 0 saturated heterocycles. The Kier molecular flexibility index (Phi) is 7.07. The molecule has 0 spiro atoms. The molecule has 0 fully saturated rings. The molecule has 3 aromatic rings. The van der Waals surface area contributed by atoms with Gasteiger partial charge in [-0.25, -0.2) is 9.48 Å². The highest BCUT2D eigenvalue weighted by atomic mass is 16.5. The highest BCUT2D eigenvalue weighted by Gasteiger charge is 2.15. The summed E-state index contributed by atoms with van der Waals surface area (Å²) in [5, 5.41) is 7.50. The zero-order chi connectivity index (χ0) is 22.4. The molecule has 0 aliphatic rings. The van der Waals surface area contributed by atoms with Crippen molar-refractivity contribution in [2.75, 3.05) is 19.0 Å². The van der Waals surface area contributed by atoms with Gasteiger partial charge in [-0.1, -0.05) is 12.1 Å². The number of methoxy groups -OCH3 is 1. The second-order valence-electron chi connectivity index (χ2n) is 7.11. The van der Waals surface area contributed by atoms with Crippen molar-refractivity contribution in [1.29, 1.82) is 0 Å². The average Bonchev–Trinajstić information content (AvgIpc) is 3.06. The van der Waals surface area contributed by atoms with E-state index in [9.17, 15) is 9.59 Å². The first-order valence-electron chi connectivity index (χ1n) is 10.2. The molecule has 0 aliphatic carbocycles. The first-order chi connectivity index (χ1) is 14.9. The first-order valence-corrected chi connectivity index (χ1v) is 10.2. The Bertz CT molecular complexity index is 1090. The molecule has 1 heterocycles. The van der Waals surface area contributed by atoms with Gasteiger partial charge < -0.3 is 14.8 Å². The SMILES string of the molecule is CCOC(=O)c1cccc(NC(=O)CCc2c(C)nn(-c3cccc(OC)c3)c2C)c1. The number of esters is 1. The summed E-state index contributed by atoms with van der Waals surface area (Å²) in [7, 11) is 1.63. The molecule has 0 bridgehead atoms. The number of aromatic nitrogens is 2. The largest absolute Gasteiger partial charge is 0.497 e. The number of amides is 1. The molecular weight excluding hydrogens is 394 g/mol. The monoisotopic (exact) mass is 421 g/mol. The number of nitrogens with one attached hydrogen (secondary N) is 1. The lowest BCUT2D eigenvalue weighted by Crippen LogP contribution is -2.13. The van der Waals surface area contributed by atoms with Crippen molar-refractivity contribution in [3.8, 4) is 11.4 Å². The number of anilines is 1. The number of hydrogen-bond acceptors (Lipinski definition) is 5. The molecule has 162 valence electrons. The number of aryl methyl sites for hydroxylation is 1. The van der Waals surface area contributed by atoms with E-state index in [0.717, 1.165) is 28.4 Å². The summed E-state index contributed by atoms with van der Waals surface area (Å²) in [5.41, 5.74) is 4.80. The summed E-state index contributed by atoms with van der Waals surface area (Å²) >= 11 is 0. The number of nitrogens with zero attached hydrogens (tertiary/aromatic N) is 2. The van der Waals surface area contributed by atoms with Crippen molar-refractivity contribution in [3.05, 3.63) is 71.0 Å². The molecule has 0 unspecified atom stereocenters. The van der Waals surface area contributed by atoms with Crippen LogP contribution in [0, 0.1) is 13.8 Å². The number of ether oxygens (including phenoxy) is 2. The zero-order valence-electron chi connectivity index (χ0n) is 18.3. The topological polar surface area (TPSA) is 82.5 Å². The van der Waals surface area contributed by atoms with Crippen LogP contribution in [0.15, 0.2) is 48.5 Å². The molecule has 1 N–H and O–H groups in total. The van der Waals surface area contributed by atoms with Gasteiger partial charge in [0, 0.05) is 23.9 Å². The summed E-state index contributed by atoms with van der Waals surface area (Å²) in [5.74, 6) is 0.222. The van der Waals surface area contributed by atoms with Crippen molar-refractivity contribution in [2.45, 2.75) is 33.6 Å². The van der Waals surface area contributed by atoms with Gasteiger partial charge in [0.15, 0.2) is 0 Å². The lowest BCUT2D eigenvalue weighted by molar-refractivity contribution is -0.116. The Morgan fingerprint density at radius 3 is 2.61 bits per heavy atom. The van der Waals surface area contributed by atoms with Crippen LogP contribution in [0.3, 0.4) is 0 Å². The highest BCUT2D eigenvalue weighted by molar-refractivity contribution is 5.94. The number of rotatable bonds is 8. The van der Waals surface area contributed by atoms with Crippen molar-refractivity contribution in [3.63, 3.8) is 0 Å². The van der Waals surface area contributed by atoms with Crippen LogP contribution in [-0.2, 0) is 16.0 Å². The quantitative estimate of drug-likeness (QED) is 0.550. The number of benzene rings is 2. The van der Waals surface area contributed by atoms with Crippen molar-refractivity contribution in [2.24, 2.45) is 0 Å². The Balaban J connectivity index is 1.68. The first kappa shape index (κ1) is 22.1. The number of carbonyl (C=O) groups is 2. The summed E-state index contributed by atoms with van der Waals surface area (Å²) in [6.45, 7) is 6.00. The molecule has 2 aromatic carbocycles. The van der Waals surface area contributed by atoms with E-state index in [-0.39, 0.29) is 5.91 Å². The van der Waals surface area contributed by atoms with Gasteiger partial charge in [0.25, 0.3) is 0 Å². The van der Waals surface area contributed by atoms with Crippen LogP contribution < -0.4 is 10.1 Å². The molecule has 31 heavy (non-hydrogen) atoms. The minimum Gasteiger partial charge on any atom is -0.497 e. The molecule has 3 rings (SSSR count). The van der Waals surface area contributed by atoms with Crippen molar-refractivity contribution < 1.29 is 19.1 Å². The Morgan fingerprint density at radius 1 is 1.10 bits per heavy atom. The molecule has 7 heteroatoms. The van der Waals surface area contributed by atoms with Gasteiger partial charge in [0.05, 0.1) is 30.7 Å². The van der Waals surface area contributed by atoms with Gasteiger partial charge in [-0.15, -0.1) is 0 Å². The second kappa shape index (κ2) is 9.93. The average molecular weight is 421 g/mol. The molecule has 0 atom stereocenters. The molecule has 0 radical (unpaired) electrons. The van der Waals surface area contributed by atoms with Crippen molar-refractivity contribution >= 4 is 17.6 Å². The maximum absolute atomic E-state index is 12.5. The van der Waals surface area contributed by atoms with E-state index >= 15 is 0 Å². The normalized spacial score (nSPS) is 10.6. The van der Waals surface area contributed by atoms with Gasteiger partial charge >= 0.3 is 5.97 Å². The lowest BCUT2D eigenvalue weighted by atomic mass is 10.1. The molecule has 0 aliphatic heterocycles. The Hall–Kier alpha value is -3.61. The van der Waals surface area contributed by atoms with E-state index in [2.05, 4.69) is 10.4 Å². The molecule has 1 amide bonds. The van der Waals surface area contributed by atoms with Crippen LogP contribution in [0.1, 0.15) is 40.7 Å². The third kappa shape index (κ3) is 5.31. The smallest absolute Gasteiger partial charge is 0.338 e.